The number of alkyl halides is 4. The number of rotatable bonds is 9. The molecular weight excluding hydrogens is 518 g/mol. The number of fused-ring (bicyclic) bond motifs is 1. The second-order valence-corrected chi connectivity index (χ2v) is 10.6. The molecule has 2 aromatic carbocycles. The fourth-order valence-corrected chi connectivity index (χ4v) is 5.54. The van der Waals surface area contributed by atoms with Crippen LogP contribution in [0.5, 0.6) is 5.75 Å². The van der Waals surface area contributed by atoms with Gasteiger partial charge in [-0.2, -0.15) is 8.78 Å². The van der Waals surface area contributed by atoms with Crippen molar-refractivity contribution in [3.8, 4) is 5.75 Å². The number of thiazole rings is 1. The number of carbonyl (C=O) groups is 1. The number of ether oxygens (including phenoxy) is 1. The van der Waals surface area contributed by atoms with Gasteiger partial charge in [-0.25, -0.2) is 13.8 Å². The Morgan fingerprint density at radius 3 is 2.75 bits per heavy atom. The van der Waals surface area contributed by atoms with Gasteiger partial charge in [0.1, 0.15) is 5.75 Å². The molecule has 36 heavy (non-hydrogen) atoms. The summed E-state index contributed by atoms with van der Waals surface area (Å²) >= 11 is 2.77. The molecule has 4 rings (SSSR count). The van der Waals surface area contributed by atoms with E-state index in [4.69, 9.17) is 0 Å². The van der Waals surface area contributed by atoms with Crippen molar-refractivity contribution in [3.05, 3.63) is 47.5 Å². The fraction of sp³-hybridized carbons (Fsp3) is 0.417. The van der Waals surface area contributed by atoms with Crippen molar-refractivity contribution in [2.75, 3.05) is 17.8 Å². The summed E-state index contributed by atoms with van der Waals surface area (Å²) in [4.78, 5) is 19.7. The second kappa shape index (κ2) is 10.8. The Kier molecular flexibility index (Phi) is 7.96. The molecule has 0 bridgehead atoms. The first-order valence-corrected chi connectivity index (χ1v) is 13.0. The van der Waals surface area contributed by atoms with Gasteiger partial charge in [-0.3, -0.25) is 4.79 Å². The molecule has 0 aliphatic carbocycles. The zero-order chi connectivity index (χ0) is 25.9. The van der Waals surface area contributed by atoms with Crippen LogP contribution in [0.1, 0.15) is 43.0 Å². The Labute approximate surface area is 213 Å². The lowest BCUT2D eigenvalue weighted by Gasteiger charge is -2.38. The van der Waals surface area contributed by atoms with Crippen molar-refractivity contribution in [3.63, 3.8) is 0 Å². The van der Waals surface area contributed by atoms with Gasteiger partial charge in [0.15, 0.2) is 0 Å². The molecule has 1 aliphatic heterocycles. The Balaban J connectivity index is 1.45. The summed E-state index contributed by atoms with van der Waals surface area (Å²) < 4.78 is 61.4. The monoisotopic (exact) mass is 543 g/mol. The molecule has 0 saturated carbocycles. The predicted molar refractivity (Wildman–Crippen MR) is 132 cm³/mol. The van der Waals surface area contributed by atoms with E-state index in [2.05, 4.69) is 14.4 Å². The number of carbonyl (C=O) groups excluding carboxylic acids is 1. The lowest BCUT2D eigenvalue weighted by atomic mass is 9.86. The number of amides is 1. The first kappa shape index (κ1) is 26.5. The molecule has 0 unspecified atom stereocenters. The second-order valence-electron chi connectivity index (χ2n) is 8.84. The third-order valence-electron chi connectivity index (χ3n) is 6.04. The summed E-state index contributed by atoms with van der Waals surface area (Å²) in [5.41, 5.74) is 1.68. The van der Waals surface area contributed by atoms with Crippen molar-refractivity contribution in [1.29, 1.82) is 0 Å². The van der Waals surface area contributed by atoms with Crippen molar-refractivity contribution >= 4 is 45.1 Å². The summed E-state index contributed by atoms with van der Waals surface area (Å²) in [6.07, 6.45) is -0.283. The molecule has 1 fully saturated rings. The van der Waals surface area contributed by atoms with Gasteiger partial charge in [-0.15, -0.1) is 11.3 Å². The van der Waals surface area contributed by atoms with E-state index in [0.717, 1.165) is 22.0 Å². The number of piperidine rings is 1. The summed E-state index contributed by atoms with van der Waals surface area (Å²) in [6.45, 7) is -2.10. The van der Waals surface area contributed by atoms with Gasteiger partial charge in [0.25, 0.3) is 5.91 Å². The normalized spacial score (nSPS) is 15.9. The van der Waals surface area contributed by atoms with Crippen molar-refractivity contribution in [2.24, 2.45) is 0 Å². The first-order valence-electron chi connectivity index (χ1n) is 11.3. The molecule has 3 aromatic rings. The lowest BCUT2D eigenvalue weighted by molar-refractivity contribution is -0.0577. The van der Waals surface area contributed by atoms with Gasteiger partial charge >= 0.3 is 6.61 Å². The van der Waals surface area contributed by atoms with Gasteiger partial charge in [0.2, 0.25) is 5.92 Å². The quantitative estimate of drug-likeness (QED) is 0.240. The van der Waals surface area contributed by atoms with Crippen molar-refractivity contribution < 1.29 is 32.2 Å². The van der Waals surface area contributed by atoms with Crippen molar-refractivity contribution in [2.45, 2.75) is 55.6 Å². The number of nitrogens with one attached hydrogen (secondary N) is 1. The minimum Gasteiger partial charge on any atom is -0.434 e. The van der Waals surface area contributed by atoms with E-state index in [1.165, 1.54) is 40.3 Å². The van der Waals surface area contributed by atoms with E-state index in [1.807, 2.05) is 18.2 Å². The molecular formula is C24H25F4N3O3S2. The van der Waals surface area contributed by atoms with Gasteiger partial charge in [-0.05, 0) is 62.4 Å². The Morgan fingerprint density at radius 2 is 2.06 bits per heavy atom. The van der Waals surface area contributed by atoms with Crippen LogP contribution in [-0.4, -0.2) is 52.1 Å². The molecule has 0 spiro atoms. The number of anilines is 1. The van der Waals surface area contributed by atoms with Gasteiger partial charge in [0.05, 0.1) is 31.8 Å². The fourth-order valence-electron chi connectivity index (χ4n) is 4.01. The van der Waals surface area contributed by atoms with E-state index in [1.54, 1.807) is 11.6 Å². The SMILES string of the molecule is CC(F)(F)CCC1(O)CCN(C(=O)c2ccc(NSc3cccc4scnc34)cc2OC(F)F)CC1. The highest BCUT2D eigenvalue weighted by atomic mass is 32.2. The van der Waals surface area contributed by atoms with Crippen LogP contribution in [0.4, 0.5) is 23.2 Å². The number of para-hydroxylation sites is 1. The van der Waals surface area contributed by atoms with E-state index in [9.17, 15) is 27.5 Å². The molecule has 0 radical (unpaired) electrons. The molecule has 2 heterocycles. The van der Waals surface area contributed by atoms with Crippen LogP contribution >= 0.6 is 23.3 Å². The number of hydrogen-bond donors (Lipinski definition) is 2. The summed E-state index contributed by atoms with van der Waals surface area (Å²) in [6, 6.07) is 10.1. The van der Waals surface area contributed by atoms with Crippen LogP contribution in [0.15, 0.2) is 46.8 Å². The van der Waals surface area contributed by atoms with Crippen molar-refractivity contribution in [1.82, 2.24) is 9.88 Å². The minimum absolute atomic E-state index is 0.0435. The molecule has 1 aromatic heterocycles. The topological polar surface area (TPSA) is 74.7 Å². The Hall–Kier alpha value is -2.57. The zero-order valence-corrected chi connectivity index (χ0v) is 21.0. The maximum absolute atomic E-state index is 13.2. The lowest BCUT2D eigenvalue weighted by Crippen LogP contribution is -2.47. The third kappa shape index (κ3) is 6.60. The van der Waals surface area contributed by atoms with E-state index >= 15 is 0 Å². The molecule has 0 atom stereocenters. The maximum atomic E-state index is 13.2. The standard InChI is InChI=1S/C24H25F4N3O3S2/c1-23(27,28)7-8-24(33)9-11-31(12-10-24)21(32)16-6-5-15(13-17(16)34-22(25)26)30-36-19-4-2-3-18-20(19)29-14-35-18/h2-6,13-14,22,30,33H,7-12H2,1H3. The van der Waals surface area contributed by atoms with Gasteiger partial charge < -0.3 is 19.5 Å². The summed E-state index contributed by atoms with van der Waals surface area (Å²) in [5, 5.41) is 10.6. The molecule has 1 aliphatic rings. The zero-order valence-electron chi connectivity index (χ0n) is 19.3. The molecule has 6 nitrogen and oxygen atoms in total. The number of halogens is 4. The van der Waals surface area contributed by atoms with Crippen LogP contribution in [0.3, 0.4) is 0 Å². The predicted octanol–water partition coefficient (Wildman–Crippen LogP) is 6.42. The average molecular weight is 544 g/mol. The Morgan fingerprint density at radius 1 is 1.31 bits per heavy atom. The van der Waals surface area contributed by atoms with Gasteiger partial charge in [0, 0.05) is 31.3 Å². The number of nitrogens with zero attached hydrogens (tertiary/aromatic N) is 2. The highest BCUT2D eigenvalue weighted by Crippen LogP contribution is 2.35. The van der Waals surface area contributed by atoms with Crippen LogP contribution < -0.4 is 9.46 Å². The number of aromatic nitrogens is 1. The first-order chi connectivity index (χ1) is 17.0. The van der Waals surface area contributed by atoms with E-state index in [-0.39, 0.29) is 43.7 Å². The average Bonchev–Trinajstić information content (AvgIpc) is 3.31. The molecule has 1 saturated heterocycles. The van der Waals surface area contributed by atoms with Crippen LogP contribution in [0.2, 0.25) is 0 Å². The largest absolute Gasteiger partial charge is 0.434 e. The summed E-state index contributed by atoms with van der Waals surface area (Å²) in [7, 11) is 0. The Bertz CT molecular complexity index is 1210. The van der Waals surface area contributed by atoms with Crippen LogP contribution in [0.25, 0.3) is 10.2 Å². The summed E-state index contributed by atoms with van der Waals surface area (Å²) in [5.74, 6) is -3.69. The van der Waals surface area contributed by atoms with E-state index < -0.39 is 30.5 Å². The van der Waals surface area contributed by atoms with E-state index in [0.29, 0.717) is 5.69 Å². The highest BCUT2D eigenvalue weighted by Gasteiger charge is 2.37. The smallest absolute Gasteiger partial charge is 0.387 e. The molecule has 194 valence electrons. The number of likely N-dealkylation sites (tertiary alicyclic amines) is 1. The third-order valence-corrected chi connectivity index (χ3v) is 7.72. The van der Waals surface area contributed by atoms with Gasteiger partial charge in [-0.1, -0.05) is 6.07 Å². The number of hydrogen-bond acceptors (Lipinski definition) is 7. The van der Waals surface area contributed by atoms with Crippen LogP contribution in [-0.2, 0) is 0 Å². The molecule has 12 heteroatoms. The van der Waals surface area contributed by atoms with Crippen LogP contribution in [0, 0.1) is 0 Å². The molecule has 2 N–H and O–H groups in total. The minimum atomic E-state index is -3.13. The number of aliphatic hydroxyl groups is 1. The maximum Gasteiger partial charge on any atom is 0.387 e. The highest BCUT2D eigenvalue weighted by molar-refractivity contribution is 8.00. The number of benzene rings is 2. The molecule has 1 amide bonds.